The number of nitrogens with two attached hydrogens (primary N) is 2. The normalized spacial score (nSPS) is 19.1. The average Bonchev–Trinajstić information content (AvgIpc) is 2.70. The summed E-state index contributed by atoms with van der Waals surface area (Å²) in [5, 5.41) is 21.1. The predicted octanol–water partition coefficient (Wildman–Crippen LogP) is 1.11. The Hall–Kier alpha value is -3.69. The molecule has 0 unspecified atom stereocenters. The molecule has 1 aromatic heterocycles. The molecule has 1 aliphatic heterocycles. The Labute approximate surface area is 175 Å². The highest BCUT2D eigenvalue weighted by Gasteiger charge is 2.35. The van der Waals surface area contributed by atoms with Crippen molar-refractivity contribution in [1.29, 1.82) is 10.8 Å². The van der Waals surface area contributed by atoms with E-state index in [1.54, 1.807) is 13.0 Å². The number of amides is 2. The summed E-state index contributed by atoms with van der Waals surface area (Å²) >= 11 is 0. The molecule has 30 heavy (non-hydrogen) atoms. The van der Waals surface area contributed by atoms with E-state index in [0.29, 0.717) is 30.0 Å². The van der Waals surface area contributed by atoms with E-state index in [2.05, 4.69) is 15.6 Å². The van der Waals surface area contributed by atoms with E-state index >= 15 is 0 Å². The number of nitrogen functional groups attached to an aromatic ring is 1. The number of amidine groups is 1. The third kappa shape index (κ3) is 5.90. The van der Waals surface area contributed by atoms with Crippen molar-refractivity contribution in [3.05, 3.63) is 42.4 Å². The first-order valence-corrected chi connectivity index (χ1v) is 9.55. The number of pyridine rings is 1. The van der Waals surface area contributed by atoms with Gasteiger partial charge in [0.25, 0.3) is 0 Å². The summed E-state index contributed by atoms with van der Waals surface area (Å²) in [6, 6.07) is 1.12. The number of likely N-dealkylation sites (tertiary alicyclic amines) is 1. The molecule has 2 amide bonds. The molecule has 0 radical (unpaired) electrons. The zero-order valence-electron chi connectivity index (χ0n) is 17.1. The maximum Gasteiger partial charge on any atom is 0.313 e. The predicted molar refractivity (Wildman–Crippen MR) is 117 cm³/mol. The van der Waals surface area contributed by atoms with E-state index in [9.17, 15) is 9.59 Å². The fourth-order valence-corrected chi connectivity index (χ4v) is 3.15. The molecular weight excluding hydrogens is 384 g/mol. The van der Waals surface area contributed by atoms with Crippen LogP contribution in [0.4, 0.5) is 11.5 Å². The van der Waals surface area contributed by atoms with Crippen LogP contribution in [0.25, 0.3) is 0 Å². The fraction of sp³-hybridized carbons (Fsp3) is 0.350. The lowest BCUT2D eigenvalue weighted by Crippen LogP contribution is -2.53. The molecule has 0 aromatic carbocycles. The lowest BCUT2D eigenvalue weighted by Gasteiger charge is -2.38. The van der Waals surface area contributed by atoms with Crippen molar-refractivity contribution in [3.8, 4) is 0 Å². The van der Waals surface area contributed by atoms with E-state index in [4.69, 9.17) is 22.3 Å². The van der Waals surface area contributed by atoms with Crippen LogP contribution in [0, 0.1) is 23.7 Å². The van der Waals surface area contributed by atoms with E-state index < -0.39 is 17.9 Å². The Balaban J connectivity index is 2.09. The van der Waals surface area contributed by atoms with Gasteiger partial charge in [0.1, 0.15) is 11.7 Å². The first kappa shape index (κ1) is 22.6. The van der Waals surface area contributed by atoms with E-state index in [1.165, 1.54) is 35.6 Å². The quantitative estimate of drug-likeness (QED) is 0.240. The number of carbonyl (C=O) groups is 2. The standard InChI is InChI=1S/C20H28N8O2/c1-12-3-4-16(15(22)6-8-25-17(23)5-7-21)28(11-12)20(30)19(29)27-14-9-13(2)18(24)26-10-14/h5-10,12,16,22H,3-4,11,21H2,1-2H3,(H2,23,25)(H2,24,26)(H,27,29)/b7-5-,8-6-,22-15?/t12-,16+/m1/s1. The van der Waals surface area contributed by atoms with Crippen molar-refractivity contribution in [2.24, 2.45) is 11.7 Å². The number of piperidine rings is 1. The van der Waals surface area contributed by atoms with E-state index in [-0.39, 0.29) is 17.5 Å². The SMILES string of the molecule is Cc1cc(NC(=O)C(=O)N2C[C@H](C)CC[C@H]2C(=N)/C=C\NC(=N)/C=C\N)cnc1N. The van der Waals surface area contributed by atoms with Gasteiger partial charge in [0, 0.05) is 12.7 Å². The Kier molecular flexibility index (Phi) is 7.68. The second kappa shape index (κ2) is 10.2. The molecule has 0 spiro atoms. The molecule has 160 valence electrons. The summed E-state index contributed by atoms with van der Waals surface area (Å²) in [6.07, 6.45) is 8.32. The van der Waals surface area contributed by atoms with Gasteiger partial charge in [-0.2, -0.15) is 0 Å². The third-order valence-electron chi connectivity index (χ3n) is 4.77. The largest absolute Gasteiger partial charge is 0.404 e. The molecule has 0 saturated carbocycles. The number of hydrogen-bond donors (Lipinski definition) is 6. The van der Waals surface area contributed by atoms with Crippen LogP contribution in [0.1, 0.15) is 25.3 Å². The molecule has 2 rings (SSSR count). The van der Waals surface area contributed by atoms with Crippen LogP contribution in [0.5, 0.6) is 0 Å². The highest BCUT2D eigenvalue weighted by Crippen LogP contribution is 2.23. The van der Waals surface area contributed by atoms with E-state index in [0.717, 1.165) is 6.42 Å². The number of nitrogens with one attached hydrogen (secondary N) is 4. The number of carbonyl (C=O) groups excluding carboxylic acids is 2. The number of aromatic nitrogens is 1. The van der Waals surface area contributed by atoms with Crippen LogP contribution in [0.2, 0.25) is 0 Å². The monoisotopic (exact) mass is 412 g/mol. The second-order valence-corrected chi connectivity index (χ2v) is 7.24. The number of anilines is 2. The number of rotatable bonds is 5. The van der Waals surface area contributed by atoms with Gasteiger partial charge >= 0.3 is 11.8 Å². The van der Waals surface area contributed by atoms with Gasteiger partial charge in [-0.15, -0.1) is 0 Å². The molecule has 1 fully saturated rings. The number of aryl methyl sites for hydroxylation is 1. The van der Waals surface area contributed by atoms with Crippen molar-refractivity contribution < 1.29 is 9.59 Å². The Morgan fingerprint density at radius 3 is 2.70 bits per heavy atom. The summed E-state index contributed by atoms with van der Waals surface area (Å²) < 4.78 is 0. The highest BCUT2D eigenvalue weighted by atomic mass is 16.2. The minimum atomic E-state index is -0.787. The van der Waals surface area contributed by atoms with Gasteiger partial charge in [-0.1, -0.05) is 6.92 Å². The van der Waals surface area contributed by atoms with Crippen LogP contribution < -0.4 is 22.1 Å². The lowest BCUT2D eigenvalue weighted by molar-refractivity contribution is -0.145. The van der Waals surface area contributed by atoms with Crippen molar-refractivity contribution in [2.45, 2.75) is 32.7 Å². The molecule has 8 N–H and O–H groups in total. The summed E-state index contributed by atoms with van der Waals surface area (Å²) in [6.45, 7) is 4.14. The summed E-state index contributed by atoms with van der Waals surface area (Å²) in [5.74, 6) is -0.848. The summed E-state index contributed by atoms with van der Waals surface area (Å²) in [4.78, 5) is 30.8. The second-order valence-electron chi connectivity index (χ2n) is 7.24. The van der Waals surface area contributed by atoms with Crippen LogP contribution >= 0.6 is 0 Å². The molecule has 0 aliphatic carbocycles. The van der Waals surface area contributed by atoms with Gasteiger partial charge in [0.05, 0.1) is 23.6 Å². The minimum Gasteiger partial charge on any atom is -0.404 e. The molecule has 10 nitrogen and oxygen atoms in total. The van der Waals surface area contributed by atoms with Crippen LogP contribution in [-0.2, 0) is 9.59 Å². The van der Waals surface area contributed by atoms with Gasteiger partial charge in [-0.25, -0.2) is 4.98 Å². The van der Waals surface area contributed by atoms with Crippen molar-refractivity contribution in [3.63, 3.8) is 0 Å². The topological polar surface area (TPSA) is 174 Å². The lowest BCUT2D eigenvalue weighted by atomic mass is 9.91. The Bertz CT molecular complexity index is 893. The molecule has 2 atom stereocenters. The van der Waals surface area contributed by atoms with Gasteiger partial charge < -0.3 is 32.4 Å². The van der Waals surface area contributed by atoms with Gasteiger partial charge in [-0.3, -0.25) is 15.0 Å². The molecule has 10 heteroatoms. The van der Waals surface area contributed by atoms with Gasteiger partial charge in [-0.05, 0) is 55.7 Å². The zero-order valence-corrected chi connectivity index (χ0v) is 17.1. The fourth-order valence-electron chi connectivity index (χ4n) is 3.15. The van der Waals surface area contributed by atoms with Crippen molar-refractivity contribution >= 4 is 34.9 Å². The van der Waals surface area contributed by atoms with E-state index in [1.807, 2.05) is 6.92 Å². The number of nitrogens with zero attached hydrogens (tertiary/aromatic N) is 2. The van der Waals surface area contributed by atoms with Gasteiger partial charge in [0.2, 0.25) is 0 Å². The molecule has 2 heterocycles. The highest BCUT2D eigenvalue weighted by molar-refractivity contribution is 6.40. The maximum atomic E-state index is 12.9. The molecule has 1 aliphatic rings. The maximum absolute atomic E-state index is 12.9. The molecule has 1 saturated heterocycles. The molecular formula is C20H28N8O2. The first-order chi connectivity index (χ1) is 14.2. The van der Waals surface area contributed by atoms with Crippen molar-refractivity contribution in [2.75, 3.05) is 17.6 Å². The Morgan fingerprint density at radius 1 is 1.30 bits per heavy atom. The smallest absolute Gasteiger partial charge is 0.313 e. The number of hydrogen-bond acceptors (Lipinski definition) is 7. The third-order valence-corrected chi connectivity index (χ3v) is 4.77. The Morgan fingerprint density at radius 2 is 2.03 bits per heavy atom. The summed E-state index contributed by atoms with van der Waals surface area (Å²) in [7, 11) is 0. The van der Waals surface area contributed by atoms with Gasteiger partial charge in [0.15, 0.2) is 0 Å². The summed E-state index contributed by atoms with van der Waals surface area (Å²) in [5.41, 5.74) is 12.1. The molecule has 1 aromatic rings. The van der Waals surface area contributed by atoms with Crippen LogP contribution in [0.15, 0.2) is 36.8 Å². The van der Waals surface area contributed by atoms with Crippen LogP contribution in [0.3, 0.4) is 0 Å². The molecule has 0 bridgehead atoms. The van der Waals surface area contributed by atoms with Crippen molar-refractivity contribution in [1.82, 2.24) is 15.2 Å². The zero-order chi connectivity index (χ0) is 22.3. The first-order valence-electron chi connectivity index (χ1n) is 9.55. The van der Waals surface area contributed by atoms with Crippen LogP contribution in [-0.4, -0.2) is 45.8 Å². The minimum absolute atomic E-state index is 0.0681. The average molecular weight is 412 g/mol.